The quantitative estimate of drug-likeness (QED) is 0.665. The molecule has 0 bridgehead atoms. The minimum Gasteiger partial charge on any atom is -0.391 e. The van der Waals surface area contributed by atoms with Crippen LogP contribution in [0.15, 0.2) is 30.5 Å². The predicted octanol–water partition coefficient (Wildman–Crippen LogP) is 0.765. The molecular formula is C16H19N3O3S. The van der Waals surface area contributed by atoms with Gasteiger partial charge in [0.1, 0.15) is 6.04 Å². The topological polar surface area (TPSA) is 94.2 Å². The first kappa shape index (κ1) is 15.9. The number of piperazine rings is 1. The lowest BCUT2D eigenvalue weighted by molar-refractivity contribution is -0.140. The van der Waals surface area contributed by atoms with Crippen LogP contribution in [0.4, 0.5) is 0 Å². The highest BCUT2D eigenvalue weighted by Gasteiger charge is 2.47. The van der Waals surface area contributed by atoms with E-state index in [2.05, 4.69) is 15.6 Å². The van der Waals surface area contributed by atoms with E-state index in [1.165, 1.54) is 18.7 Å². The van der Waals surface area contributed by atoms with Gasteiger partial charge in [0.05, 0.1) is 6.10 Å². The van der Waals surface area contributed by atoms with Crippen LogP contribution < -0.4 is 10.6 Å². The Labute approximate surface area is 138 Å². The Morgan fingerprint density at radius 2 is 2.09 bits per heavy atom. The normalized spacial score (nSPS) is 26.0. The van der Waals surface area contributed by atoms with Crippen LogP contribution in [-0.4, -0.2) is 45.2 Å². The van der Waals surface area contributed by atoms with Gasteiger partial charge in [-0.3, -0.25) is 9.59 Å². The Balaban J connectivity index is 1.93. The summed E-state index contributed by atoms with van der Waals surface area (Å²) < 4.78 is 0. The van der Waals surface area contributed by atoms with Gasteiger partial charge in [0.2, 0.25) is 5.91 Å². The highest BCUT2D eigenvalue weighted by Crippen LogP contribution is 2.31. The molecule has 1 aromatic heterocycles. The molecule has 23 heavy (non-hydrogen) atoms. The van der Waals surface area contributed by atoms with E-state index in [0.29, 0.717) is 6.42 Å². The molecule has 0 radical (unpaired) electrons. The van der Waals surface area contributed by atoms with Gasteiger partial charge < -0.3 is 20.7 Å². The monoisotopic (exact) mass is 333 g/mol. The standard InChI is InChI=1S/C16H19N3O3S/c1-9(20)13-14(21)19-16(23-2,15(22)18-13)7-10-8-17-12-6-4-3-5-11(10)12/h3-6,8-9,13,17,20H,7H2,1-2H3,(H,18,22)(H,19,21)/t9-,13+,16+/m1/s1. The summed E-state index contributed by atoms with van der Waals surface area (Å²) in [4.78, 5) is 26.9. The van der Waals surface area contributed by atoms with Gasteiger partial charge in [-0.05, 0) is 24.8 Å². The SMILES string of the molecule is CS[C@]1(Cc2c[nH]c3ccccc23)NC(=O)[C@H]([C@@H](C)O)NC1=O. The van der Waals surface area contributed by atoms with Crippen molar-refractivity contribution in [1.29, 1.82) is 0 Å². The predicted molar refractivity (Wildman–Crippen MR) is 90.0 cm³/mol. The summed E-state index contributed by atoms with van der Waals surface area (Å²) in [6.07, 6.45) is 3.08. The fraction of sp³-hybridized carbons (Fsp3) is 0.375. The van der Waals surface area contributed by atoms with E-state index >= 15 is 0 Å². The molecule has 0 unspecified atom stereocenters. The molecule has 2 amide bonds. The maximum absolute atomic E-state index is 12.6. The van der Waals surface area contributed by atoms with E-state index in [0.717, 1.165) is 16.5 Å². The average molecular weight is 333 g/mol. The molecule has 0 saturated carbocycles. The van der Waals surface area contributed by atoms with Gasteiger partial charge in [-0.2, -0.15) is 0 Å². The van der Waals surface area contributed by atoms with E-state index in [-0.39, 0.29) is 11.8 Å². The first-order valence-electron chi connectivity index (χ1n) is 7.38. The van der Waals surface area contributed by atoms with Crippen LogP contribution >= 0.6 is 11.8 Å². The van der Waals surface area contributed by atoms with Crippen LogP contribution in [0.1, 0.15) is 12.5 Å². The number of nitrogens with one attached hydrogen (secondary N) is 3. The fourth-order valence-electron chi connectivity index (χ4n) is 2.88. The highest BCUT2D eigenvalue weighted by atomic mass is 32.2. The third-order valence-corrected chi connectivity index (χ3v) is 5.33. The van der Waals surface area contributed by atoms with Crippen molar-refractivity contribution < 1.29 is 14.7 Å². The average Bonchev–Trinajstić information content (AvgIpc) is 2.93. The van der Waals surface area contributed by atoms with Gasteiger partial charge >= 0.3 is 0 Å². The number of hydrogen-bond acceptors (Lipinski definition) is 4. The summed E-state index contributed by atoms with van der Waals surface area (Å²) in [5.74, 6) is -0.658. The molecular weight excluding hydrogens is 314 g/mol. The van der Waals surface area contributed by atoms with Crippen LogP contribution in [-0.2, 0) is 16.0 Å². The van der Waals surface area contributed by atoms with E-state index < -0.39 is 17.0 Å². The number of aliphatic hydroxyl groups is 1. The van der Waals surface area contributed by atoms with Crippen molar-refractivity contribution in [2.75, 3.05) is 6.26 Å². The van der Waals surface area contributed by atoms with Crippen LogP contribution in [0.25, 0.3) is 10.9 Å². The molecule has 7 heteroatoms. The van der Waals surface area contributed by atoms with Gasteiger partial charge in [-0.15, -0.1) is 11.8 Å². The molecule has 0 spiro atoms. The Morgan fingerprint density at radius 1 is 1.35 bits per heavy atom. The molecule has 1 saturated heterocycles. The van der Waals surface area contributed by atoms with Crippen molar-refractivity contribution in [2.24, 2.45) is 0 Å². The molecule has 6 nitrogen and oxygen atoms in total. The number of aromatic amines is 1. The Hall–Kier alpha value is -1.99. The van der Waals surface area contributed by atoms with Crippen molar-refractivity contribution >= 4 is 34.5 Å². The van der Waals surface area contributed by atoms with Crippen LogP contribution in [0.3, 0.4) is 0 Å². The lowest BCUT2D eigenvalue weighted by atomic mass is 9.99. The second-order valence-electron chi connectivity index (χ2n) is 5.75. The summed E-state index contributed by atoms with van der Waals surface area (Å²) in [7, 11) is 0. The molecule has 0 aliphatic carbocycles. The number of carbonyl (C=O) groups is 2. The highest BCUT2D eigenvalue weighted by molar-refractivity contribution is 8.00. The fourth-order valence-corrected chi connectivity index (χ4v) is 3.63. The minimum absolute atomic E-state index is 0.291. The lowest BCUT2D eigenvalue weighted by Gasteiger charge is -2.39. The Kier molecular flexibility index (Phi) is 4.08. The number of para-hydroxylation sites is 1. The van der Waals surface area contributed by atoms with E-state index in [9.17, 15) is 14.7 Å². The summed E-state index contributed by atoms with van der Waals surface area (Å²) in [5, 5.41) is 16.1. The van der Waals surface area contributed by atoms with Gasteiger partial charge in [-0.1, -0.05) is 18.2 Å². The van der Waals surface area contributed by atoms with Crippen molar-refractivity contribution in [3.8, 4) is 0 Å². The first-order valence-corrected chi connectivity index (χ1v) is 8.60. The molecule has 2 heterocycles. The number of benzene rings is 1. The number of fused-ring (bicyclic) bond motifs is 1. The van der Waals surface area contributed by atoms with E-state index in [4.69, 9.17) is 0 Å². The molecule has 2 aromatic rings. The third-order valence-electron chi connectivity index (χ3n) is 4.21. The Bertz CT molecular complexity index is 758. The second kappa shape index (κ2) is 5.90. The number of aliphatic hydroxyl groups excluding tert-OH is 1. The van der Waals surface area contributed by atoms with Crippen molar-refractivity contribution in [1.82, 2.24) is 15.6 Å². The van der Waals surface area contributed by atoms with Gasteiger partial charge in [0.15, 0.2) is 4.87 Å². The molecule has 122 valence electrons. The molecule has 1 aliphatic rings. The number of aromatic nitrogens is 1. The zero-order valence-corrected chi connectivity index (χ0v) is 13.7. The summed E-state index contributed by atoms with van der Waals surface area (Å²) in [5.41, 5.74) is 1.95. The molecule has 3 atom stereocenters. The number of amides is 2. The third kappa shape index (κ3) is 2.70. The van der Waals surface area contributed by atoms with Gasteiger partial charge in [0.25, 0.3) is 5.91 Å². The molecule has 1 aliphatic heterocycles. The number of carbonyl (C=O) groups excluding carboxylic acids is 2. The molecule has 1 aromatic carbocycles. The smallest absolute Gasteiger partial charge is 0.257 e. The van der Waals surface area contributed by atoms with Crippen molar-refractivity contribution in [2.45, 2.75) is 30.4 Å². The maximum atomic E-state index is 12.6. The van der Waals surface area contributed by atoms with E-state index in [1.54, 1.807) is 6.26 Å². The maximum Gasteiger partial charge on any atom is 0.257 e. The summed E-state index contributed by atoms with van der Waals surface area (Å²) >= 11 is 1.29. The molecule has 4 N–H and O–H groups in total. The summed E-state index contributed by atoms with van der Waals surface area (Å²) in [6.45, 7) is 1.48. The Morgan fingerprint density at radius 3 is 2.78 bits per heavy atom. The van der Waals surface area contributed by atoms with Crippen LogP contribution in [0, 0.1) is 0 Å². The number of thioether (sulfide) groups is 1. The molecule has 1 fully saturated rings. The minimum atomic E-state index is -1.08. The van der Waals surface area contributed by atoms with Gasteiger partial charge in [-0.25, -0.2) is 0 Å². The first-order chi connectivity index (χ1) is 11.0. The number of rotatable bonds is 4. The largest absolute Gasteiger partial charge is 0.391 e. The lowest BCUT2D eigenvalue weighted by Crippen LogP contribution is -2.70. The second-order valence-corrected chi connectivity index (χ2v) is 6.85. The van der Waals surface area contributed by atoms with Crippen LogP contribution in [0.5, 0.6) is 0 Å². The zero-order valence-electron chi connectivity index (χ0n) is 12.9. The van der Waals surface area contributed by atoms with Crippen molar-refractivity contribution in [3.05, 3.63) is 36.0 Å². The molecule has 3 rings (SSSR count). The van der Waals surface area contributed by atoms with Gasteiger partial charge in [0, 0.05) is 23.5 Å². The number of H-pyrrole nitrogens is 1. The van der Waals surface area contributed by atoms with E-state index in [1.807, 2.05) is 30.5 Å². The zero-order chi connectivity index (χ0) is 16.6. The number of hydrogen-bond donors (Lipinski definition) is 4. The summed E-state index contributed by atoms with van der Waals surface area (Å²) in [6, 6.07) is 6.92. The van der Waals surface area contributed by atoms with Crippen LogP contribution in [0.2, 0.25) is 0 Å². The van der Waals surface area contributed by atoms with Crippen molar-refractivity contribution in [3.63, 3.8) is 0 Å².